The normalized spacial score (nSPS) is 16.5. The Morgan fingerprint density at radius 3 is 2.50 bits per heavy atom. The minimum absolute atomic E-state index is 0.101. The summed E-state index contributed by atoms with van der Waals surface area (Å²) >= 11 is 0. The molecule has 0 saturated carbocycles. The number of aromatic amines is 1. The third-order valence-electron chi connectivity index (χ3n) is 4.51. The number of hydrogen-bond acceptors (Lipinski definition) is 3. The minimum atomic E-state index is -0.942. The number of hydrogen-bond donors (Lipinski definition) is 3. The number of aliphatic carboxylic acids is 1. The quantitative estimate of drug-likeness (QED) is 0.785. The Hall–Kier alpha value is -2.60. The van der Waals surface area contributed by atoms with Crippen molar-refractivity contribution < 1.29 is 19.4 Å². The Kier molecular flexibility index (Phi) is 4.66. The molecule has 6 nitrogen and oxygen atoms in total. The number of carboxylic acids is 1. The molecular formula is C18H20N2O4. The van der Waals surface area contributed by atoms with E-state index in [1.54, 1.807) is 6.07 Å². The van der Waals surface area contributed by atoms with E-state index in [-0.39, 0.29) is 12.5 Å². The molecule has 3 N–H and O–H groups in total. The molecule has 0 atom stereocenters. The molecule has 1 fully saturated rings. The monoisotopic (exact) mass is 328 g/mol. The topological polar surface area (TPSA) is 91.4 Å². The Balaban J connectivity index is 1.67. The molecule has 1 aromatic carbocycles. The maximum atomic E-state index is 12.3. The number of carbonyl (C=O) groups is 2. The van der Waals surface area contributed by atoms with Crippen LogP contribution >= 0.6 is 0 Å². The van der Waals surface area contributed by atoms with Gasteiger partial charge in [0.2, 0.25) is 0 Å². The molecule has 1 aromatic heterocycles. The maximum absolute atomic E-state index is 12.3. The number of aromatic nitrogens is 1. The second-order valence-corrected chi connectivity index (χ2v) is 6.03. The van der Waals surface area contributed by atoms with Gasteiger partial charge in [-0.25, -0.2) is 0 Å². The Labute approximate surface area is 139 Å². The fourth-order valence-electron chi connectivity index (χ4n) is 2.89. The van der Waals surface area contributed by atoms with Gasteiger partial charge in [0.15, 0.2) is 0 Å². The standard InChI is InChI=1S/C18H20N2O4/c21-16(19-12-18(17(22)23)8-10-24-11-9-18)15-7-6-14(20-15)13-4-2-1-3-5-13/h1-7,20H,8-12H2,(H,19,21)(H,22,23). The lowest BCUT2D eigenvalue weighted by atomic mass is 9.80. The van der Waals surface area contributed by atoms with Crippen molar-refractivity contribution in [1.29, 1.82) is 0 Å². The summed E-state index contributed by atoms with van der Waals surface area (Å²) in [5, 5.41) is 12.3. The first kappa shape index (κ1) is 16.3. The second kappa shape index (κ2) is 6.88. The van der Waals surface area contributed by atoms with Crippen molar-refractivity contribution in [1.82, 2.24) is 10.3 Å². The third-order valence-corrected chi connectivity index (χ3v) is 4.51. The van der Waals surface area contributed by atoms with Gasteiger partial charge in [-0.15, -0.1) is 0 Å². The zero-order valence-corrected chi connectivity index (χ0v) is 13.2. The van der Waals surface area contributed by atoms with Gasteiger partial charge in [-0.05, 0) is 30.5 Å². The number of carbonyl (C=O) groups excluding carboxylic acids is 1. The summed E-state index contributed by atoms with van der Waals surface area (Å²) in [7, 11) is 0. The van der Waals surface area contributed by atoms with Crippen LogP contribution < -0.4 is 5.32 Å². The highest BCUT2D eigenvalue weighted by molar-refractivity contribution is 5.93. The van der Waals surface area contributed by atoms with Crippen LogP contribution in [0.4, 0.5) is 0 Å². The average Bonchev–Trinajstić information content (AvgIpc) is 3.11. The first-order chi connectivity index (χ1) is 11.6. The molecule has 1 amide bonds. The number of benzene rings is 1. The Morgan fingerprint density at radius 1 is 1.12 bits per heavy atom. The first-order valence-electron chi connectivity index (χ1n) is 7.94. The lowest BCUT2D eigenvalue weighted by Crippen LogP contribution is -2.46. The van der Waals surface area contributed by atoms with Gasteiger partial charge in [-0.2, -0.15) is 0 Å². The molecular weight excluding hydrogens is 308 g/mol. The van der Waals surface area contributed by atoms with Crippen molar-refractivity contribution >= 4 is 11.9 Å². The van der Waals surface area contributed by atoms with Gasteiger partial charge in [-0.1, -0.05) is 30.3 Å². The van der Waals surface area contributed by atoms with Gasteiger partial charge in [0.25, 0.3) is 5.91 Å². The van der Waals surface area contributed by atoms with Gasteiger partial charge >= 0.3 is 5.97 Å². The van der Waals surface area contributed by atoms with Crippen molar-refractivity contribution in [2.75, 3.05) is 19.8 Å². The van der Waals surface area contributed by atoms with Gasteiger partial charge in [-0.3, -0.25) is 9.59 Å². The van der Waals surface area contributed by atoms with Crippen molar-refractivity contribution in [3.63, 3.8) is 0 Å². The average molecular weight is 328 g/mol. The summed E-state index contributed by atoms with van der Waals surface area (Å²) in [4.78, 5) is 27.0. The number of ether oxygens (including phenoxy) is 1. The molecule has 6 heteroatoms. The molecule has 24 heavy (non-hydrogen) atoms. The van der Waals surface area contributed by atoms with Crippen molar-refractivity contribution in [3.8, 4) is 11.3 Å². The summed E-state index contributed by atoms with van der Waals surface area (Å²) < 4.78 is 5.24. The molecule has 0 unspecified atom stereocenters. The third kappa shape index (κ3) is 3.33. The molecule has 0 spiro atoms. The maximum Gasteiger partial charge on any atom is 0.311 e. The molecule has 2 heterocycles. The smallest absolute Gasteiger partial charge is 0.311 e. The predicted molar refractivity (Wildman–Crippen MR) is 88.7 cm³/mol. The lowest BCUT2D eigenvalue weighted by Gasteiger charge is -2.33. The van der Waals surface area contributed by atoms with E-state index in [4.69, 9.17) is 4.74 Å². The van der Waals surface area contributed by atoms with Gasteiger partial charge < -0.3 is 20.1 Å². The van der Waals surface area contributed by atoms with E-state index in [2.05, 4.69) is 10.3 Å². The van der Waals surface area contributed by atoms with Crippen LogP contribution in [-0.4, -0.2) is 41.7 Å². The molecule has 0 bridgehead atoms. The molecule has 1 saturated heterocycles. The van der Waals surface area contributed by atoms with Crippen LogP contribution in [-0.2, 0) is 9.53 Å². The summed E-state index contributed by atoms with van der Waals surface area (Å²) in [6.07, 6.45) is 0.811. The van der Waals surface area contributed by atoms with Gasteiger partial charge in [0, 0.05) is 25.5 Å². The predicted octanol–water partition coefficient (Wildman–Crippen LogP) is 2.29. The number of nitrogens with one attached hydrogen (secondary N) is 2. The largest absolute Gasteiger partial charge is 0.481 e. The Morgan fingerprint density at radius 2 is 1.83 bits per heavy atom. The van der Waals surface area contributed by atoms with E-state index < -0.39 is 11.4 Å². The molecule has 126 valence electrons. The fraction of sp³-hybridized carbons (Fsp3) is 0.333. The van der Waals surface area contributed by atoms with Crippen molar-refractivity contribution in [3.05, 3.63) is 48.2 Å². The number of H-pyrrole nitrogens is 1. The van der Waals surface area contributed by atoms with E-state index in [0.717, 1.165) is 11.3 Å². The summed E-state index contributed by atoms with van der Waals surface area (Å²) in [6.45, 7) is 0.913. The van der Waals surface area contributed by atoms with E-state index in [0.29, 0.717) is 31.7 Å². The van der Waals surface area contributed by atoms with Crippen LogP contribution in [0.3, 0.4) is 0 Å². The number of rotatable bonds is 5. The van der Waals surface area contributed by atoms with Crippen molar-refractivity contribution in [2.45, 2.75) is 12.8 Å². The molecule has 2 aromatic rings. The van der Waals surface area contributed by atoms with Crippen LogP contribution in [0.25, 0.3) is 11.3 Å². The first-order valence-corrected chi connectivity index (χ1v) is 7.94. The van der Waals surface area contributed by atoms with Crippen LogP contribution in [0.5, 0.6) is 0 Å². The van der Waals surface area contributed by atoms with Crippen molar-refractivity contribution in [2.24, 2.45) is 5.41 Å². The SMILES string of the molecule is O=C(NCC1(C(=O)O)CCOCC1)c1ccc(-c2ccccc2)[nH]1. The van der Waals surface area contributed by atoms with E-state index in [1.165, 1.54) is 0 Å². The van der Waals surface area contributed by atoms with E-state index >= 15 is 0 Å². The highest BCUT2D eigenvalue weighted by Crippen LogP contribution is 2.30. The molecule has 0 aliphatic carbocycles. The van der Waals surface area contributed by atoms with E-state index in [9.17, 15) is 14.7 Å². The van der Waals surface area contributed by atoms with Crippen LogP contribution in [0.2, 0.25) is 0 Å². The lowest BCUT2D eigenvalue weighted by molar-refractivity contribution is -0.154. The molecule has 0 radical (unpaired) electrons. The summed E-state index contributed by atoms with van der Waals surface area (Å²) in [6, 6.07) is 13.2. The highest BCUT2D eigenvalue weighted by Gasteiger charge is 2.40. The summed E-state index contributed by atoms with van der Waals surface area (Å²) in [5.74, 6) is -1.19. The van der Waals surface area contributed by atoms with Gasteiger partial charge in [0.1, 0.15) is 5.69 Å². The molecule has 1 aliphatic rings. The molecule has 1 aliphatic heterocycles. The van der Waals surface area contributed by atoms with E-state index in [1.807, 2.05) is 36.4 Å². The second-order valence-electron chi connectivity index (χ2n) is 6.03. The number of carboxylic acid groups (broad SMARTS) is 1. The van der Waals surface area contributed by atoms with Crippen LogP contribution in [0.1, 0.15) is 23.3 Å². The number of amides is 1. The minimum Gasteiger partial charge on any atom is -0.481 e. The fourth-order valence-corrected chi connectivity index (χ4v) is 2.89. The van der Waals surface area contributed by atoms with Gasteiger partial charge in [0.05, 0.1) is 5.41 Å². The van der Waals surface area contributed by atoms with Crippen LogP contribution in [0, 0.1) is 5.41 Å². The highest BCUT2D eigenvalue weighted by atomic mass is 16.5. The zero-order valence-electron chi connectivity index (χ0n) is 13.2. The zero-order chi connectivity index (χ0) is 17.0. The molecule has 3 rings (SSSR count). The summed E-state index contributed by atoms with van der Waals surface area (Å²) in [5.41, 5.74) is 1.31. The van der Waals surface area contributed by atoms with Crippen LogP contribution in [0.15, 0.2) is 42.5 Å². The Bertz CT molecular complexity index is 718.